The predicted molar refractivity (Wildman–Crippen MR) is 24.0 cm³/mol. The van der Waals surface area contributed by atoms with Gasteiger partial charge in [-0.25, -0.2) is 4.79 Å². The molecule has 0 fully saturated rings. The van der Waals surface area contributed by atoms with Gasteiger partial charge in [-0.2, -0.15) is 0 Å². The van der Waals surface area contributed by atoms with Crippen molar-refractivity contribution in [3.8, 4) is 0 Å². The van der Waals surface area contributed by atoms with Crippen LogP contribution in [-0.4, -0.2) is 11.1 Å². The summed E-state index contributed by atoms with van der Waals surface area (Å²) in [6, 6.07) is 0. The summed E-state index contributed by atoms with van der Waals surface area (Å²) >= 11 is 0. The SMILES string of the molecule is C=CC(=O)O.N.[H-].[Na+]. The molecule has 0 bridgehead atoms. The monoisotopic (exact) mass is 113 g/mol. The van der Waals surface area contributed by atoms with Gasteiger partial charge in [-0.1, -0.05) is 6.58 Å². The van der Waals surface area contributed by atoms with Crippen LogP contribution < -0.4 is 35.7 Å². The minimum absolute atomic E-state index is 0. The van der Waals surface area contributed by atoms with Gasteiger partial charge in [-0.05, 0) is 0 Å². The van der Waals surface area contributed by atoms with E-state index in [2.05, 4.69) is 6.58 Å². The second-order valence-corrected chi connectivity index (χ2v) is 0.542. The van der Waals surface area contributed by atoms with Gasteiger partial charge >= 0.3 is 35.5 Å². The number of rotatable bonds is 1. The molecule has 0 saturated heterocycles. The van der Waals surface area contributed by atoms with Crippen molar-refractivity contribution in [2.45, 2.75) is 0 Å². The number of carboxylic acids is 1. The number of hydrogen-bond acceptors (Lipinski definition) is 2. The molecule has 0 rings (SSSR count). The maximum atomic E-state index is 9.25. The quantitative estimate of drug-likeness (QED) is 0.292. The van der Waals surface area contributed by atoms with Crippen LogP contribution in [0.2, 0.25) is 0 Å². The molecule has 3 nitrogen and oxygen atoms in total. The first-order valence-electron chi connectivity index (χ1n) is 1.12. The summed E-state index contributed by atoms with van der Waals surface area (Å²) in [5, 5.41) is 7.60. The third-order valence-electron chi connectivity index (χ3n) is 0.175. The number of hydrogen-bond donors (Lipinski definition) is 2. The summed E-state index contributed by atoms with van der Waals surface area (Å²) in [4.78, 5) is 9.25. The van der Waals surface area contributed by atoms with Crippen molar-refractivity contribution in [3.63, 3.8) is 0 Å². The molecule has 0 atom stereocenters. The van der Waals surface area contributed by atoms with Crippen molar-refractivity contribution >= 4 is 5.97 Å². The first-order valence-corrected chi connectivity index (χ1v) is 1.12. The zero-order valence-electron chi connectivity index (χ0n) is 5.35. The average molecular weight is 113 g/mol. The van der Waals surface area contributed by atoms with E-state index in [0.29, 0.717) is 0 Å². The molecular weight excluding hydrogens is 105 g/mol. The Morgan fingerprint density at radius 2 is 2.00 bits per heavy atom. The van der Waals surface area contributed by atoms with E-state index < -0.39 is 5.97 Å². The molecule has 4 N–H and O–H groups in total. The fourth-order valence-corrected chi connectivity index (χ4v) is 0. The third kappa shape index (κ3) is 22.8. The molecule has 0 radical (unpaired) electrons. The van der Waals surface area contributed by atoms with Gasteiger partial charge in [0, 0.05) is 6.08 Å². The van der Waals surface area contributed by atoms with E-state index in [-0.39, 0.29) is 37.1 Å². The van der Waals surface area contributed by atoms with Crippen molar-refractivity contribution in [3.05, 3.63) is 12.7 Å². The van der Waals surface area contributed by atoms with Crippen LogP contribution in [0.25, 0.3) is 0 Å². The van der Waals surface area contributed by atoms with Gasteiger partial charge in [-0.15, -0.1) is 0 Å². The molecule has 0 saturated carbocycles. The topological polar surface area (TPSA) is 72.3 Å². The molecule has 0 amide bonds. The largest absolute Gasteiger partial charge is 1.00 e. The molecule has 38 valence electrons. The predicted octanol–water partition coefficient (Wildman–Crippen LogP) is -2.46. The normalized spacial score (nSPS) is 4.57. The van der Waals surface area contributed by atoms with Gasteiger partial charge in [0.1, 0.15) is 0 Å². The fraction of sp³-hybridized carbons (Fsp3) is 0. The van der Waals surface area contributed by atoms with E-state index in [1.165, 1.54) is 0 Å². The Labute approximate surface area is 65.8 Å². The Morgan fingerprint density at radius 1 is 1.86 bits per heavy atom. The van der Waals surface area contributed by atoms with Crippen LogP contribution in [0, 0.1) is 0 Å². The molecule has 7 heavy (non-hydrogen) atoms. The second kappa shape index (κ2) is 9.48. The summed E-state index contributed by atoms with van der Waals surface area (Å²) in [5.41, 5.74) is 0. The molecule has 0 aliphatic carbocycles. The van der Waals surface area contributed by atoms with Gasteiger partial charge in [0.05, 0.1) is 0 Å². The smallest absolute Gasteiger partial charge is 1.00 e. The summed E-state index contributed by atoms with van der Waals surface area (Å²) in [6.45, 7) is 2.96. The first-order chi connectivity index (χ1) is 2.27. The molecule has 4 heteroatoms. The van der Waals surface area contributed by atoms with Crippen LogP contribution in [-0.2, 0) is 4.79 Å². The van der Waals surface area contributed by atoms with Gasteiger partial charge in [-0.3, -0.25) is 0 Å². The van der Waals surface area contributed by atoms with Crippen molar-refractivity contribution in [2.24, 2.45) is 0 Å². The Kier molecular flexibility index (Phi) is 21.3. The van der Waals surface area contributed by atoms with E-state index in [1.807, 2.05) is 0 Å². The zero-order chi connectivity index (χ0) is 4.28. The van der Waals surface area contributed by atoms with Crippen LogP contribution in [0.4, 0.5) is 0 Å². The summed E-state index contributed by atoms with van der Waals surface area (Å²) in [5.74, 6) is -0.981. The van der Waals surface area contributed by atoms with Crippen LogP contribution >= 0.6 is 0 Å². The van der Waals surface area contributed by atoms with Crippen LogP contribution in [0.5, 0.6) is 0 Å². The molecule has 0 aromatic rings. The Balaban J connectivity index is -0.0000000267. The van der Waals surface area contributed by atoms with Crippen molar-refractivity contribution < 1.29 is 40.9 Å². The number of aliphatic carboxylic acids is 1. The minimum atomic E-state index is -0.981. The molecule has 0 heterocycles. The molecule has 0 aliphatic rings. The molecule has 0 aliphatic heterocycles. The third-order valence-corrected chi connectivity index (χ3v) is 0.175. The van der Waals surface area contributed by atoms with Gasteiger partial charge in [0.25, 0.3) is 0 Å². The van der Waals surface area contributed by atoms with Gasteiger partial charge in [0.2, 0.25) is 0 Å². The van der Waals surface area contributed by atoms with Gasteiger partial charge in [0.15, 0.2) is 0 Å². The summed E-state index contributed by atoms with van der Waals surface area (Å²) in [7, 11) is 0. The van der Waals surface area contributed by atoms with Crippen LogP contribution in [0.15, 0.2) is 12.7 Å². The van der Waals surface area contributed by atoms with Gasteiger partial charge < -0.3 is 12.7 Å². The molecule has 0 spiro atoms. The van der Waals surface area contributed by atoms with Crippen LogP contribution in [0.1, 0.15) is 1.43 Å². The van der Waals surface area contributed by atoms with E-state index >= 15 is 0 Å². The standard InChI is InChI=1S/C3H4O2.H3N.Na.H/c1-2-3(4)5;;;/h2H,1H2,(H,4,5);1H3;;/q;;+1;-1. The Bertz CT molecular complexity index is 68.3. The summed E-state index contributed by atoms with van der Waals surface area (Å²) in [6.07, 6.45) is 0.833. The van der Waals surface area contributed by atoms with Crippen molar-refractivity contribution in [1.29, 1.82) is 0 Å². The number of carbonyl (C=O) groups is 1. The Hall–Kier alpha value is 0.170. The fourth-order valence-electron chi connectivity index (χ4n) is 0. The molecule has 0 aromatic heterocycles. The summed E-state index contributed by atoms with van der Waals surface area (Å²) < 4.78 is 0. The van der Waals surface area contributed by atoms with Crippen LogP contribution in [0.3, 0.4) is 0 Å². The van der Waals surface area contributed by atoms with E-state index in [9.17, 15) is 4.79 Å². The first kappa shape index (κ1) is 15.7. The van der Waals surface area contributed by atoms with E-state index in [4.69, 9.17) is 5.11 Å². The average Bonchev–Trinajstić information content (AvgIpc) is 1.38. The minimum Gasteiger partial charge on any atom is -1.00 e. The Morgan fingerprint density at radius 3 is 2.00 bits per heavy atom. The molecule has 0 unspecified atom stereocenters. The van der Waals surface area contributed by atoms with E-state index in [0.717, 1.165) is 6.08 Å². The second-order valence-electron chi connectivity index (χ2n) is 0.542. The maximum Gasteiger partial charge on any atom is 1.00 e. The maximum absolute atomic E-state index is 9.25. The van der Waals surface area contributed by atoms with Crippen molar-refractivity contribution in [1.82, 2.24) is 6.15 Å². The molecule has 0 aromatic carbocycles. The van der Waals surface area contributed by atoms with Crippen molar-refractivity contribution in [2.75, 3.05) is 0 Å². The molecular formula is C3H8NNaO2. The van der Waals surface area contributed by atoms with E-state index in [1.54, 1.807) is 0 Å². The number of carboxylic acid groups (broad SMARTS) is 1. The zero-order valence-corrected chi connectivity index (χ0v) is 6.35.